The minimum Gasteiger partial charge on any atom is -0.352 e. The van der Waals surface area contributed by atoms with Crippen molar-refractivity contribution in [2.75, 3.05) is 18.4 Å². The Morgan fingerprint density at radius 3 is 3.00 bits per heavy atom. The minimum absolute atomic E-state index is 0.180. The average Bonchev–Trinajstić information content (AvgIpc) is 2.51. The number of benzene rings is 1. The number of alkyl halides is 2. The SMILES string of the molecule is CC1CCC(F)(F)CN1C(=O)Nc1cccc2c1CCNC2=O. The summed E-state index contributed by atoms with van der Waals surface area (Å²) < 4.78 is 27.2. The lowest BCUT2D eigenvalue weighted by atomic mass is 9.98. The van der Waals surface area contributed by atoms with E-state index in [0.717, 1.165) is 5.56 Å². The van der Waals surface area contributed by atoms with Crippen molar-refractivity contribution < 1.29 is 18.4 Å². The third-order valence-electron chi connectivity index (χ3n) is 4.45. The molecule has 2 aliphatic heterocycles. The number of carbonyl (C=O) groups excluding carboxylic acids is 2. The molecule has 1 saturated heterocycles. The third-order valence-corrected chi connectivity index (χ3v) is 4.45. The van der Waals surface area contributed by atoms with Gasteiger partial charge in [0.15, 0.2) is 0 Å². The fourth-order valence-electron chi connectivity index (χ4n) is 3.10. The second-order valence-electron chi connectivity index (χ2n) is 6.14. The number of nitrogens with one attached hydrogen (secondary N) is 2. The maximum atomic E-state index is 13.6. The van der Waals surface area contributed by atoms with Crippen LogP contribution in [0, 0.1) is 0 Å². The Balaban J connectivity index is 1.81. The van der Waals surface area contributed by atoms with Gasteiger partial charge in [0.1, 0.15) is 0 Å². The highest BCUT2D eigenvalue weighted by Gasteiger charge is 2.40. The number of hydrogen-bond acceptors (Lipinski definition) is 2. The lowest BCUT2D eigenvalue weighted by Gasteiger charge is -2.37. The van der Waals surface area contributed by atoms with Crippen LogP contribution in [0.25, 0.3) is 0 Å². The fraction of sp³-hybridized carbons (Fsp3) is 0.500. The molecule has 5 nitrogen and oxygen atoms in total. The Kier molecular flexibility index (Phi) is 3.95. The van der Waals surface area contributed by atoms with Gasteiger partial charge >= 0.3 is 6.03 Å². The molecular formula is C16H19F2N3O2. The first-order valence-corrected chi connectivity index (χ1v) is 7.73. The average molecular weight is 323 g/mol. The maximum absolute atomic E-state index is 13.6. The zero-order valence-corrected chi connectivity index (χ0v) is 12.9. The monoisotopic (exact) mass is 323 g/mol. The van der Waals surface area contributed by atoms with Crippen molar-refractivity contribution in [1.82, 2.24) is 10.2 Å². The van der Waals surface area contributed by atoms with Crippen LogP contribution in [-0.2, 0) is 6.42 Å². The number of hydrogen-bond donors (Lipinski definition) is 2. The van der Waals surface area contributed by atoms with Crippen LogP contribution in [0.4, 0.5) is 19.3 Å². The summed E-state index contributed by atoms with van der Waals surface area (Å²) in [5.74, 6) is -3.03. The first-order chi connectivity index (χ1) is 10.9. The van der Waals surface area contributed by atoms with Gasteiger partial charge in [-0.25, -0.2) is 13.6 Å². The number of fused-ring (bicyclic) bond motifs is 1. The maximum Gasteiger partial charge on any atom is 0.322 e. The minimum atomic E-state index is -2.85. The van der Waals surface area contributed by atoms with Crippen molar-refractivity contribution in [1.29, 1.82) is 0 Å². The van der Waals surface area contributed by atoms with Gasteiger partial charge in [-0.05, 0) is 37.5 Å². The lowest BCUT2D eigenvalue weighted by Crippen LogP contribution is -2.51. The standard InChI is InChI=1S/C16H19F2N3O2/c1-10-5-7-16(17,18)9-21(10)15(23)20-13-4-2-3-12-11(13)6-8-19-14(12)22/h2-4,10H,5-9H2,1H3,(H,19,22)(H,20,23). The van der Waals surface area contributed by atoms with Gasteiger partial charge in [-0.1, -0.05) is 6.07 Å². The number of urea groups is 1. The van der Waals surface area contributed by atoms with Crippen LogP contribution in [0.2, 0.25) is 0 Å². The molecule has 1 aromatic rings. The first kappa shape index (κ1) is 15.7. The summed E-state index contributed by atoms with van der Waals surface area (Å²) in [5, 5.41) is 5.44. The van der Waals surface area contributed by atoms with Gasteiger partial charge in [-0.2, -0.15) is 0 Å². The summed E-state index contributed by atoms with van der Waals surface area (Å²) in [7, 11) is 0. The predicted octanol–water partition coefficient (Wildman–Crippen LogP) is 2.62. The third kappa shape index (κ3) is 3.13. The zero-order valence-electron chi connectivity index (χ0n) is 12.9. The number of anilines is 1. The quantitative estimate of drug-likeness (QED) is 0.834. The molecule has 2 N–H and O–H groups in total. The summed E-state index contributed by atoms with van der Waals surface area (Å²) in [6, 6.07) is 4.28. The Bertz CT molecular complexity index is 648. The van der Waals surface area contributed by atoms with Crippen LogP contribution in [0.15, 0.2) is 18.2 Å². The number of halogens is 2. The Labute approximate surface area is 133 Å². The number of nitrogens with zero attached hydrogens (tertiary/aromatic N) is 1. The van der Waals surface area contributed by atoms with Gasteiger partial charge in [0.2, 0.25) is 0 Å². The molecule has 0 bridgehead atoms. The molecule has 3 rings (SSSR count). The van der Waals surface area contributed by atoms with E-state index in [9.17, 15) is 18.4 Å². The molecule has 1 fully saturated rings. The molecule has 2 aliphatic rings. The molecule has 0 aliphatic carbocycles. The van der Waals surface area contributed by atoms with Crippen LogP contribution in [0.3, 0.4) is 0 Å². The van der Waals surface area contributed by atoms with Crippen LogP contribution >= 0.6 is 0 Å². The van der Waals surface area contributed by atoms with Gasteiger partial charge < -0.3 is 15.5 Å². The van der Waals surface area contributed by atoms with Crippen molar-refractivity contribution >= 4 is 17.6 Å². The number of carbonyl (C=O) groups is 2. The van der Waals surface area contributed by atoms with E-state index >= 15 is 0 Å². The number of piperidine rings is 1. The Morgan fingerprint density at radius 1 is 1.43 bits per heavy atom. The van der Waals surface area contributed by atoms with Gasteiger partial charge in [-0.15, -0.1) is 0 Å². The summed E-state index contributed by atoms with van der Waals surface area (Å²) in [4.78, 5) is 25.4. The summed E-state index contributed by atoms with van der Waals surface area (Å²) in [6.07, 6.45) is 0.678. The molecule has 1 unspecified atom stereocenters. The van der Waals surface area contributed by atoms with E-state index in [0.29, 0.717) is 24.2 Å². The summed E-state index contributed by atoms with van der Waals surface area (Å²) >= 11 is 0. The van der Waals surface area contributed by atoms with Crippen LogP contribution < -0.4 is 10.6 Å². The molecule has 0 radical (unpaired) electrons. The fourth-order valence-corrected chi connectivity index (χ4v) is 3.10. The molecule has 3 amide bonds. The summed E-state index contributed by atoms with van der Waals surface area (Å²) in [5.41, 5.74) is 1.79. The molecular weight excluding hydrogens is 304 g/mol. The van der Waals surface area contributed by atoms with Gasteiger partial charge in [-0.3, -0.25) is 4.79 Å². The van der Waals surface area contributed by atoms with E-state index in [4.69, 9.17) is 0 Å². The van der Waals surface area contributed by atoms with Crippen molar-refractivity contribution in [2.45, 2.75) is 38.2 Å². The Morgan fingerprint density at radius 2 is 2.22 bits per heavy atom. The molecule has 124 valence electrons. The van der Waals surface area contributed by atoms with E-state index in [-0.39, 0.29) is 24.8 Å². The predicted molar refractivity (Wildman–Crippen MR) is 81.8 cm³/mol. The molecule has 1 aromatic carbocycles. The molecule has 0 saturated carbocycles. The van der Waals surface area contributed by atoms with Gasteiger partial charge in [0.05, 0.1) is 6.54 Å². The van der Waals surface area contributed by atoms with E-state index in [1.807, 2.05) is 0 Å². The first-order valence-electron chi connectivity index (χ1n) is 7.73. The smallest absolute Gasteiger partial charge is 0.322 e. The van der Waals surface area contributed by atoms with Crippen molar-refractivity contribution in [3.8, 4) is 0 Å². The molecule has 7 heteroatoms. The topological polar surface area (TPSA) is 61.4 Å². The highest BCUT2D eigenvalue weighted by atomic mass is 19.3. The molecule has 0 aromatic heterocycles. The van der Waals surface area contributed by atoms with Crippen molar-refractivity contribution in [3.05, 3.63) is 29.3 Å². The highest BCUT2D eigenvalue weighted by Crippen LogP contribution is 2.31. The van der Waals surface area contributed by atoms with E-state index < -0.39 is 18.5 Å². The van der Waals surface area contributed by atoms with E-state index in [1.165, 1.54) is 4.90 Å². The molecule has 23 heavy (non-hydrogen) atoms. The van der Waals surface area contributed by atoms with E-state index in [2.05, 4.69) is 10.6 Å². The van der Waals surface area contributed by atoms with Gasteiger partial charge in [0.25, 0.3) is 11.8 Å². The number of amides is 3. The van der Waals surface area contributed by atoms with Crippen molar-refractivity contribution in [3.63, 3.8) is 0 Å². The normalized spacial score (nSPS) is 23.0. The Hall–Kier alpha value is -2.18. The van der Waals surface area contributed by atoms with Crippen molar-refractivity contribution in [2.24, 2.45) is 0 Å². The van der Waals surface area contributed by atoms with Gasteiger partial charge in [0, 0.05) is 30.3 Å². The largest absolute Gasteiger partial charge is 0.352 e. The second-order valence-corrected chi connectivity index (χ2v) is 6.14. The number of rotatable bonds is 1. The van der Waals surface area contributed by atoms with Crippen LogP contribution in [-0.4, -0.2) is 41.9 Å². The molecule has 0 spiro atoms. The molecule has 1 atom stereocenters. The lowest BCUT2D eigenvalue weighted by molar-refractivity contribution is -0.0643. The second kappa shape index (κ2) is 5.79. The zero-order chi connectivity index (χ0) is 16.6. The highest BCUT2D eigenvalue weighted by molar-refractivity contribution is 6.00. The molecule has 2 heterocycles. The van der Waals surface area contributed by atoms with E-state index in [1.54, 1.807) is 25.1 Å². The number of likely N-dealkylation sites (tertiary alicyclic amines) is 1. The summed E-state index contributed by atoms with van der Waals surface area (Å²) in [6.45, 7) is 1.69. The van der Waals surface area contributed by atoms with Crippen LogP contribution in [0.1, 0.15) is 35.7 Å². The van der Waals surface area contributed by atoms with Crippen LogP contribution in [0.5, 0.6) is 0 Å².